The molecule has 2 N–H and O–H groups in total. The normalized spacial score (nSPS) is 17.3. The molecule has 2 aromatic carbocycles. The number of nitrogens with one attached hydrogen (secondary N) is 2. The fourth-order valence-electron chi connectivity index (χ4n) is 3.59. The minimum absolute atomic E-state index is 0.165. The Bertz CT molecular complexity index is 1030. The van der Waals surface area contributed by atoms with Crippen LogP contribution >= 0.6 is 11.6 Å². The van der Waals surface area contributed by atoms with E-state index in [9.17, 15) is 9.59 Å². The third kappa shape index (κ3) is 3.36. The topological polar surface area (TPSA) is 65.2 Å². The van der Waals surface area contributed by atoms with Crippen molar-refractivity contribution in [3.63, 3.8) is 0 Å². The molecule has 5 nitrogen and oxygen atoms in total. The molecule has 6 heteroatoms. The summed E-state index contributed by atoms with van der Waals surface area (Å²) in [4.78, 5) is 29.7. The number of hydrogen-bond donors (Lipinski definition) is 2. The highest BCUT2D eigenvalue weighted by atomic mass is 35.5. The number of para-hydroxylation sites is 1. The van der Waals surface area contributed by atoms with Crippen LogP contribution in [0.4, 0.5) is 5.69 Å². The van der Waals surface area contributed by atoms with Gasteiger partial charge in [-0.05, 0) is 42.7 Å². The number of aromatic nitrogens is 1. The molecule has 0 saturated carbocycles. The van der Waals surface area contributed by atoms with E-state index in [0.717, 1.165) is 17.5 Å². The first kappa shape index (κ1) is 17.8. The summed E-state index contributed by atoms with van der Waals surface area (Å²) in [6, 6.07) is 12.9. The SMILES string of the molecule is Cc1ccc(Cl)cc1N1C(=O)CC(NCCc2c[nH]c3ccccc23)C1=O. The number of nitrogens with zero attached hydrogens (tertiary/aromatic N) is 1. The maximum absolute atomic E-state index is 12.8. The maximum atomic E-state index is 12.8. The smallest absolute Gasteiger partial charge is 0.251 e. The van der Waals surface area contributed by atoms with Crippen LogP contribution in [0.3, 0.4) is 0 Å². The fourth-order valence-corrected chi connectivity index (χ4v) is 3.75. The first-order valence-electron chi connectivity index (χ1n) is 8.96. The highest BCUT2D eigenvalue weighted by Gasteiger charge is 2.39. The van der Waals surface area contributed by atoms with E-state index in [1.807, 2.05) is 37.4 Å². The minimum Gasteiger partial charge on any atom is -0.361 e. The van der Waals surface area contributed by atoms with Gasteiger partial charge >= 0.3 is 0 Å². The number of benzene rings is 2. The summed E-state index contributed by atoms with van der Waals surface area (Å²) in [7, 11) is 0. The van der Waals surface area contributed by atoms with Gasteiger partial charge in [-0.15, -0.1) is 0 Å². The molecule has 1 aliphatic rings. The maximum Gasteiger partial charge on any atom is 0.251 e. The summed E-state index contributed by atoms with van der Waals surface area (Å²) in [5, 5.41) is 4.93. The Morgan fingerprint density at radius 3 is 2.89 bits per heavy atom. The van der Waals surface area contributed by atoms with Gasteiger partial charge < -0.3 is 10.3 Å². The van der Waals surface area contributed by atoms with E-state index in [1.54, 1.807) is 12.1 Å². The average Bonchev–Trinajstić information content (AvgIpc) is 3.19. The quantitative estimate of drug-likeness (QED) is 0.664. The van der Waals surface area contributed by atoms with Crippen LogP contribution in [-0.4, -0.2) is 29.4 Å². The summed E-state index contributed by atoms with van der Waals surface area (Å²) in [5.74, 6) is -0.417. The van der Waals surface area contributed by atoms with Gasteiger partial charge in [0.2, 0.25) is 5.91 Å². The highest BCUT2D eigenvalue weighted by Crippen LogP contribution is 2.29. The number of imide groups is 1. The van der Waals surface area contributed by atoms with Crippen LogP contribution in [0.1, 0.15) is 17.5 Å². The van der Waals surface area contributed by atoms with Gasteiger partial charge in [0, 0.05) is 28.7 Å². The summed E-state index contributed by atoms with van der Waals surface area (Å²) in [6.45, 7) is 2.48. The summed E-state index contributed by atoms with van der Waals surface area (Å²) in [5.41, 5.74) is 3.71. The van der Waals surface area contributed by atoms with Gasteiger partial charge in [0.15, 0.2) is 0 Å². The zero-order valence-corrected chi connectivity index (χ0v) is 15.7. The minimum atomic E-state index is -0.499. The summed E-state index contributed by atoms with van der Waals surface area (Å²) < 4.78 is 0. The molecule has 138 valence electrons. The molecule has 1 fully saturated rings. The molecule has 4 rings (SSSR count). The van der Waals surface area contributed by atoms with Crippen LogP contribution in [0.15, 0.2) is 48.7 Å². The summed E-state index contributed by atoms with van der Waals surface area (Å²) >= 11 is 6.05. The van der Waals surface area contributed by atoms with Crippen LogP contribution in [-0.2, 0) is 16.0 Å². The Morgan fingerprint density at radius 1 is 1.22 bits per heavy atom. The Labute approximate surface area is 162 Å². The molecule has 0 bridgehead atoms. The van der Waals surface area contributed by atoms with Crippen molar-refractivity contribution in [1.29, 1.82) is 0 Å². The molecule has 0 aliphatic carbocycles. The lowest BCUT2D eigenvalue weighted by molar-refractivity contribution is -0.121. The van der Waals surface area contributed by atoms with E-state index in [-0.39, 0.29) is 18.2 Å². The van der Waals surface area contributed by atoms with E-state index >= 15 is 0 Å². The van der Waals surface area contributed by atoms with Crippen LogP contribution in [0, 0.1) is 6.92 Å². The van der Waals surface area contributed by atoms with Gasteiger partial charge in [-0.2, -0.15) is 0 Å². The third-order valence-corrected chi connectivity index (χ3v) is 5.25. The standard InChI is InChI=1S/C21H20ClN3O2/c1-13-6-7-15(22)10-19(13)25-20(26)11-18(21(25)27)23-9-8-14-12-24-17-5-3-2-4-16(14)17/h2-7,10,12,18,23-24H,8-9,11H2,1H3. The van der Waals surface area contributed by atoms with Gasteiger partial charge in [0.1, 0.15) is 0 Å². The van der Waals surface area contributed by atoms with E-state index in [0.29, 0.717) is 17.3 Å². The number of aryl methyl sites for hydroxylation is 1. The largest absolute Gasteiger partial charge is 0.361 e. The Morgan fingerprint density at radius 2 is 2.04 bits per heavy atom. The van der Waals surface area contributed by atoms with Gasteiger partial charge in [0.05, 0.1) is 18.2 Å². The molecule has 1 unspecified atom stereocenters. The number of fused-ring (bicyclic) bond motifs is 1. The van der Waals surface area contributed by atoms with Gasteiger partial charge in [-0.3, -0.25) is 9.59 Å². The highest BCUT2D eigenvalue weighted by molar-refractivity contribution is 6.31. The van der Waals surface area contributed by atoms with E-state index in [1.165, 1.54) is 15.8 Å². The predicted octanol–water partition coefficient (Wildman–Crippen LogP) is 3.59. The first-order chi connectivity index (χ1) is 13.0. The number of H-pyrrole nitrogens is 1. The number of aromatic amines is 1. The molecule has 1 saturated heterocycles. The second-order valence-electron chi connectivity index (χ2n) is 6.82. The molecule has 1 aliphatic heterocycles. The van der Waals surface area contributed by atoms with Gasteiger partial charge in [-0.1, -0.05) is 35.9 Å². The molecule has 0 radical (unpaired) electrons. The van der Waals surface area contributed by atoms with E-state index in [2.05, 4.69) is 16.4 Å². The zero-order valence-electron chi connectivity index (χ0n) is 15.0. The Balaban J connectivity index is 1.44. The van der Waals surface area contributed by atoms with Crippen molar-refractivity contribution in [3.05, 3.63) is 64.8 Å². The molecule has 2 heterocycles. The Kier molecular flexibility index (Phi) is 4.72. The number of carbonyl (C=O) groups excluding carboxylic acids is 2. The zero-order chi connectivity index (χ0) is 19.0. The molecular weight excluding hydrogens is 362 g/mol. The van der Waals surface area contributed by atoms with Crippen molar-refractivity contribution in [3.8, 4) is 0 Å². The number of rotatable bonds is 5. The van der Waals surface area contributed by atoms with Crippen molar-refractivity contribution in [1.82, 2.24) is 10.3 Å². The number of hydrogen-bond acceptors (Lipinski definition) is 3. The number of amides is 2. The number of carbonyl (C=O) groups is 2. The van der Waals surface area contributed by atoms with Gasteiger partial charge in [-0.25, -0.2) is 4.90 Å². The molecule has 27 heavy (non-hydrogen) atoms. The fraction of sp³-hybridized carbons (Fsp3) is 0.238. The molecule has 3 aromatic rings. The first-order valence-corrected chi connectivity index (χ1v) is 9.34. The second kappa shape index (κ2) is 7.18. The molecule has 2 amide bonds. The monoisotopic (exact) mass is 381 g/mol. The summed E-state index contributed by atoms with van der Waals surface area (Å²) in [6.07, 6.45) is 2.94. The van der Waals surface area contributed by atoms with Crippen LogP contribution in [0.25, 0.3) is 10.9 Å². The van der Waals surface area contributed by atoms with Crippen molar-refractivity contribution < 1.29 is 9.59 Å². The Hall–Kier alpha value is -2.63. The molecule has 1 aromatic heterocycles. The predicted molar refractivity (Wildman–Crippen MR) is 107 cm³/mol. The van der Waals surface area contributed by atoms with Crippen molar-refractivity contribution >= 4 is 40.0 Å². The lowest BCUT2D eigenvalue weighted by Crippen LogP contribution is -2.39. The van der Waals surface area contributed by atoms with Crippen LogP contribution in [0.2, 0.25) is 5.02 Å². The van der Waals surface area contributed by atoms with Crippen molar-refractivity contribution in [2.45, 2.75) is 25.8 Å². The van der Waals surface area contributed by atoms with E-state index in [4.69, 9.17) is 11.6 Å². The van der Waals surface area contributed by atoms with E-state index < -0.39 is 6.04 Å². The lowest BCUT2D eigenvalue weighted by atomic mass is 10.1. The van der Waals surface area contributed by atoms with Crippen LogP contribution in [0.5, 0.6) is 0 Å². The lowest BCUT2D eigenvalue weighted by Gasteiger charge is -2.18. The van der Waals surface area contributed by atoms with Gasteiger partial charge in [0.25, 0.3) is 5.91 Å². The average molecular weight is 382 g/mol. The van der Waals surface area contributed by atoms with Crippen molar-refractivity contribution in [2.24, 2.45) is 0 Å². The number of anilines is 1. The third-order valence-electron chi connectivity index (χ3n) is 5.02. The number of halogens is 1. The van der Waals surface area contributed by atoms with Crippen molar-refractivity contribution in [2.75, 3.05) is 11.4 Å². The van der Waals surface area contributed by atoms with Crippen LogP contribution < -0.4 is 10.2 Å². The molecule has 1 atom stereocenters. The molecule has 0 spiro atoms. The second-order valence-corrected chi connectivity index (χ2v) is 7.25. The molecular formula is C21H20ClN3O2.